The number of hydrogen-bond donors (Lipinski definition) is 1. The van der Waals surface area contributed by atoms with E-state index in [1.54, 1.807) is 0 Å². The monoisotopic (exact) mass is 281 g/mol. The van der Waals surface area contributed by atoms with Crippen LogP contribution >= 0.6 is 0 Å². The van der Waals surface area contributed by atoms with Crippen LogP contribution < -0.4 is 0 Å². The number of halogens is 6. The van der Waals surface area contributed by atoms with E-state index in [1.807, 2.05) is 0 Å². The molecule has 0 aliphatic rings. The Bertz CT molecular complexity index is 570. The Morgan fingerprint density at radius 2 is 1.63 bits per heavy atom. The van der Waals surface area contributed by atoms with Crippen molar-refractivity contribution in [3.63, 3.8) is 0 Å². The van der Waals surface area contributed by atoms with Gasteiger partial charge in [0.2, 0.25) is 0 Å². The quantitative estimate of drug-likeness (QED) is 0.813. The molecule has 0 unspecified atom stereocenters. The number of hydrogen-bond acceptors (Lipinski definition) is 2. The summed E-state index contributed by atoms with van der Waals surface area (Å²) in [4.78, 5) is 0. The molecule has 9 heteroatoms. The normalized spacial score (nSPS) is 12.7. The SMILES string of the molecule is FC(F)(F)c1cccc(-c2c[nH]nn2)c1C(F)(F)F. The zero-order valence-electron chi connectivity index (χ0n) is 8.97. The van der Waals surface area contributed by atoms with E-state index in [9.17, 15) is 26.3 Å². The molecule has 3 nitrogen and oxygen atoms in total. The van der Waals surface area contributed by atoms with Gasteiger partial charge in [0.1, 0.15) is 5.69 Å². The number of benzene rings is 1. The molecular formula is C10H5F6N3. The summed E-state index contributed by atoms with van der Waals surface area (Å²) in [6.45, 7) is 0. The highest BCUT2D eigenvalue weighted by molar-refractivity contribution is 5.65. The second-order valence-corrected chi connectivity index (χ2v) is 3.58. The fourth-order valence-corrected chi connectivity index (χ4v) is 1.64. The van der Waals surface area contributed by atoms with Crippen molar-refractivity contribution in [2.75, 3.05) is 0 Å². The summed E-state index contributed by atoms with van der Waals surface area (Å²) in [6, 6.07) is 2.18. The summed E-state index contributed by atoms with van der Waals surface area (Å²) >= 11 is 0. The molecule has 1 heterocycles. The van der Waals surface area contributed by atoms with Gasteiger partial charge in [0.05, 0.1) is 17.3 Å². The van der Waals surface area contributed by atoms with Gasteiger partial charge in [-0.15, -0.1) is 5.10 Å². The lowest BCUT2D eigenvalue weighted by Crippen LogP contribution is -2.17. The van der Waals surface area contributed by atoms with Gasteiger partial charge in [-0.2, -0.15) is 26.3 Å². The van der Waals surface area contributed by atoms with Crippen LogP contribution in [0.4, 0.5) is 26.3 Å². The smallest absolute Gasteiger partial charge is 0.265 e. The van der Waals surface area contributed by atoms with Crippen LogP contribution in [0.3, 0.4) is 0 Å². The van der Waals surface area contributed by atoms with Crippen LogP contribution in [-0.4, -0.2) is 15.4 Å². The summed E-state index contributed by atoms with van der Waals surface area (Å²) in [7, 11) is 0. The van der Waals surface area contributed by atoms with E-state index in [4.69, 9.17) is 0 Å². The first-order valence-electron chi connectivity index (χ1n) is 4.85. The molecule has 1 aromatic heterocycles. The molecule has 0 amide bonds. The first-order valence-corrected chi connectivity index (χ1v) is 4.85. The number of nitrogens with zero attached hydrogens (tertiary/aromatic N) is 2. The van der Waals surface area contributed by atoms with Gasteiger partial charge >= 0.3 is 12.4 Å². The molecule has 2 aromatic rings. The Morgan fingerprint density at radius 3 is 2.11 bits per heavy atom. The number of aromatic amines is 1. The molecule has 102 valence electrons. The van der Waals surface area contributed by atoms with Gasteiger partial charge in [-0.1, -0.05) is 17.3 Å². The minimum Gasteiger partial charge on any atom is -0.265 e. The Balaban J connectivity index is 2.76. The van der Waals surface area contributed by atoms with Gasteiger partial charge < -0.3 is 0 Å². The molecule has 0 aliphatic carbocycles. The molecule has 0 bridgehead atoms. The highest BCUT2D eigenvalue weighted by Gasteiger charge is 2.45. The zero-order valence-corrected chi connectivity index (χ0v) is 8.97. The van der Waals surface area contributed by atoms with E-state index in [0.29, 0.717) is 6.07 Å². The lowest BCUT2D eigenvalue weighted by atomic mass is 9.98. The van der Waals surface area contributed by atoms with Crippen molar-refractivity contribution >= 4 is 0 Å². The second kappa shape index (κ2) is 4.25. The molecule has 19 heavy (non-hydrogen) atoms. The molecule has 1 aromatic carbocycles. The third-order valence-electron chi connectivity index (χ3n) is 2.35. The predicted molar refractivity (Wildman–Crippen MR) is 51.8 cm³/mol. The van der Waals surface area contributed by atoms with Crippen molar-refractivity contribution in [2.45, 2.75) is 12.4 Å². The molecule has 0 atom stereocenters. The lowest BCUT2D eigenvalue weighted by molar-refractivity contribution is -0.161. The number of nitrogens with one attached hydrogen (secondary N) is 1. The van der Waals surface area contributed by atoms with E-state index in [0.717, 1.165) is 18.3 Å². The standard InChI is InChI=1S/C10H5F6N3/c11-9(12,13)6-3-1-2-5(7-4-17-19-18-7)8(6)10(14,15)16/h1-4H,(H,17,18,19). The van der Waals surface area contributed by atoms with Gasteiger partial charge in [0.15, 0.2) is 0 Å². The van der Waals surface area contributed by atoms with E-state index in [1.165, 1.54) is 0 Å². The highest BCUT2D eigenvalue weighted by Crippen LogP contribution is 2.44. The van der Waals surface area contributed by atoms with E-state index in [-0.39, 0.29) is 5.69 Å². The number of alkyl halides is 6. The third kappa shape index (κ3) is 2.54. The first kappa shape index (κ1) is 13.4. The average molecular weight is 281 g/mol. The van der Waals surface area contributed by atoms with Gasteiger partial charge in [-0.25, -0.2) is 0 Å². The minimum absolute atomic E-state index is 0.307. The molecule has 0 spiro atoms. The van der Waals surface area contributed by atoms with Gasteiger partial charge in [0, 0.05) is 5.56 Å². The predicted octanol–water partition coefficient (Wildman–Crippen LogP) is 3.51. The molecule has 2 rings (SSSR count). The summed E-state index contributed by atoms with van der Waals surface area (Å²) in [5.41, 5.74) is -4.49. The Hall–Kier alpha value is -2.06. The van der Waals surface area contributed by atoms with Crippen molar-refractivity contribution in [3.8, 4) is 11.3 Å². The molecule has 0 saturated carbocycles. The molecule has 0 saturated heterocycles. The molecule has 1 N–H and O–H groups in total. The summed E-state index contributed by atoms with van der Waals surface area (Å²) in [5.74, 6) is 0. The van der Waals surface area contributed by atoms with E-state index < -0.39 is 29.0 Å². The Kier molecular flexibility index (Phi) is 2.99. The van der Waals surface area contributed by atoms with Crippen LogP contribution in [0.25, 0.3) is 11.3 Å². The van der Waals surface area contributed by atoms with Crippen LogP contribution in [0.15, 0.2) is 24.4 Å². The topological polar surface area (TPSA) is 41.6 Å². The number of H-pyrrole nitrogens is 1. The van der Waals surface area contributed by atoms with Crippen LogP contribution in [-0.2, 0) is 12.4 Å². The summed E-state index contributed by atoms with van der Waals surface area (Å²) in [5, 5.41) is 8.66. The van der Waals surface area contributed by atoms with Gasteiger partial charge in [-0.05, 0) is 6.07 Å². The van der Waals surface area contributed by atoms with Crippen molar-refractivity contribution in [1.29, 1.82) is 0 Å². The summed E-state index contributed by atoms with van der Waals surface area (Å²) < 4.78 is 76.6. The molecule has 0 fully saturated rings. The van der Waals surface area contributed by atoms with Gasteiger partial charge in [0.25, 0.3) is 0 Å². The maximum atomic E-state index is 12.9. The van der Waals surface area contributed by atoms with E-state index >= 15 is 0 Å². The fraction of sp³-hybridized carbons (Fsp3) is 0.200. The highest BCUT2D eigenvalue weighted by atomic mass is 19.4. The number of rotatable bonds is 1. The first-order chi connectivity index (χ1) is 8.71. The average Bonchev–Trinajstić information content (AvgIpc) is 2.79. The van der Waals surface area contributed by atoms with Crippen molar-refractivity contribution < 1.29 is 26.3 Å². The van der Waals surface area contributed by atoms with Crippen molar-refractivity contribution in [2.24, 2.45) is 0 Å². The molecular weight excluding hydrogens is 276 g/mol. The van der Waals surface area contributed by atoms with Gasteiger partial charge in [-0.3, -0.25) is 5.10 Å². The lowest BCUT2D eigenvalue weighted by Gasteiger charge is -2.17. The maximum absolute atomic E-state index is 12.9. The van der Waals surface area contributed by atoms with E-state index in [2.05, 4.69) is 15.4 Å². The maximum Gasteiger partial charge on any atom is 0.417 e. The van der Waals surface area contributed by atoms with Crippen LogP contribution in [0.5, 0.6) is 0 Å². The number of aromatic nitrogens is 3. The Labute approximate surface area is 102 Å². The third-order valence-corrected chi connectivity index (χ3v) is 2.35. The van der Waals surface area contributed by atoms with Crippen molar-refractivity contribution in [3.05, 3.63) is 35.5 Å². The van der Waals surface area contributed by atoms with Crippen LogP contribution in [0.2, 0.25) is 0 Å². The van der Waals surface area contributed by atoms with Crippen LogP contribution in [0, 0.1) is 0 Å². The van der Waals surface area contributed by atoms with Crippen molar-refractivity contribution in [1.82, 2.24) is 15.4 Å². The van der Waals surface area contributed by atoms with Crippen LogP contribution in [0.1, 0.15) is 11.1 Å². The Morgan fingerprint density at radius 1 is 0.947 bits per heavy atom. The minimum atomic E-state index is -5.15. The zero-order chi connectivity index (χ0) is 14.3. The largest absolute Gasteiger partial charge is 0.417 e. The summed E-state index contributed by atoms with van der Waals surface area (Å²) in [6.07, 6.45) is -9.27. The molecule has 0 radical (unpaired) electrons. The fourth-order valence-electron chi connectivity index (χ4n) is 1.64. The second-order valence-electron chi connectivity index (χ2n) is 3.58. The molecule has 0 aliphatic heterocycles.